The Kier molecular flexibility index (Phi) is 4.98. The SMILES string of the molecule is COc1ccc([C@H]2SCCN2S(=O)(=O)c2ccccc2)cc1[N+](=O)[O-]. The van der Waals surface area contributed by atoms with Gasteiger partial charge >= 0.3 is 5.69 Å². The van der Waals surface area contributed by atoms with Gasteiger partial charge < -0.3 is 4.74 Å². The van der Waals surface area contributed by atoms with Crippen molar-refractivity contribution in [3.8, 4) is 5.75 Å². The molecule has 0 spiro atoms. The highest BCUT2D eigenvalue weighted by molar-refractivity contribution is 8.01. The van der Waals surface area contributed by atoms with Crippen LogP contribution >= 0.6 is 11.8 Å². The van der Waals surface area contributed by atoms with Crippen molar-refractivity contribution in [2.75, 3.05) is 19.4 Å². The lowest BCUT2D eigenvalue weighted by atomic mass is 10.2. The van der Waals surface area contributed by atoms with Crippen LogP contribution < -0.4 is 4.74 Å². The van der Waals surface area contributed by atoms with E-state index < -0.39 is 20.3 Å². The molecule has 0 unspecified atom stereocenters. The zero-order chi connectivity index (χ0) is 18.0. The Hall–Kier alpha value is -2.10. The zero-order valence-electron chi connectivity index (χ0n) is 13.4. The quantitative estimate of drug-likeness (QED) is 0.585. The molecule has 1 aliphatic rings. The van der Waals surface area contributed by atoms with Gasteiger partial charge in [0.15, 0.2) is 5.75 Å². The summed E-state index contributed by atoms with van der Waals surface area (Å²) >= 11 is 1.44. The van der Waals surface area contributed by atoms with Crippen LogP contribution in [0.25, 0.3) is 0 Å². The smallest absolute Gasteiger partial charge is 0.311 e. The van der Waals surface area contributed by atoms with Gasteiger partial charge in [0.25, 0.3) is 0 Å². The van der Waals surface area contributed by atoms with Crippen LogP contribution in [-0.4, -0.2) is 37.1 Å². The molecule has 7 nitrogen and oxygen atoms in total. The summed E-state index contributed by atoms with van der Waals surface area (Å²) in [7, 11) is -2.31. The Morgan fingerprint density at radius 2 is 1.96 bits per heavy atom. The third kappa shape index (κ3) is 3.35. The van der Waals surface area contributed by atoms with Crippen molar-refractivity contribution in [1.29, 1.82) is 0 Å². The lowest BCUT2D eigenvalue weighted by Gasteiger charge is -2.23. The number of benzene rings is 2. The van der Waals surface area contributed by atoms with E-state index in [0.717, 1.165) is 0 Å². The van der Waals surface area contributed by atoms with Gasteiger partial charge in [-0.3, -0.25) is 10.1 Å². The van der Waals surface area contributed by atoms with Crippen molar-refractivity contribution in [2.45, 2.75) is 10.3 Å². The molecule has 2 aromatic carbocycles. The van der Waals surface area contributed by atoms with E-state index >= 15 is 0 Å². The summed E-state index contributed by atoms with van der Waals surface area (Å²) in [5.74, 6) is 0.769. The summed E-state index contributed by atoms with van der Waals surface area (Å²) in [5, 5.41) is 10.7. The molecule has 1 aliphatic heterocycles. The monoisotopic (exact) mass is 380 g/mol. The van der Waals surface area contributed by atoms with E-state index in [4.69, 9.17) is 4.74 Å². The molecule has 0 radical (unpaired) electrons. The van der Waals surface area contributed by atoms with Gasteiger partial charge in [-0.1, -0.05) is 24.3 Å². The normalized spacial score (nSPS) is 18.2. The van der Waals surface area contributed by atoms with Crippen LogP contribution in [0.4, 0.5) is 5.69 Å². The molecule has 3 rings (SSSR count). The number of ether oxygens (including phenoxy) is 1. The van der Waals surface area contributed by atoms with Crippen molar-refractivity contribution < 1.29 is 18.1 Å². The maximum atomic E-state index is 12.9. The maximum absolute atomic E-state index is 12.9. The van der Waals surface area contributed by atoms with Crippen LogP contribution in [-0.2, 0) is 10.0 Å². The number of hydrogen-bond donors (Lipinski definition) is 0. The van der Waals surface area contributed by atoms with E-state index in [1.165, 1.54) is 35.3 Å². The maximum Gasteiger partial charge on any atom is 0.311 e. The van der Waals surface area contributed by atoms with E-state index in [1.54, 1.807) is 36.4 Å². The van der Waals surface area contributed by atoms with Crippen molar-refractivity contribution in [3.63, 3.8) is 0 Å². The third-order valence-corrected chi connectivity index (χ3v) is 7.16. The minimum absolute atomic E-state index is 0.147. The fourth-order valence-corrected chi connectivity index (χ4v) is 5.95. The first-order chi connectivity index (χ1) is 11.9. The number of nitrogens with zero attached hydrogens (tertiary/aromatic N) is 2. The summed E-state index contributed by atoms with van der Waals surface area (Å²) in [6.07, 6.45) is 0. The highest BCUT2D eigenvalue weighted by Crippen LogP contribution is 2.43. The van der Waals surface area contributed by atoms with E-state index in [-0.39, 0.29) is 16.3 Å². The van der Waals surface area contributed by atoms with E-state index in [2.05, 4.69) is 0 Å². The van der Waals surface area contributed by atoms with E-state index in [0.29, 0.717) is 17.9 Å². The number of hydrogen-bond acceptors (Lipinski definition) is 6. The Morgan fingerprint density at radius 1 is 1.24 bits per heavy atom. The summed E-state index contributed by atoms with van der Waals surface area (Å²) in [6, 6.07) is 12.7. The third-order valence-electron chi connectivity index (χ3n) is 3.88. The average molecular weight is 380 g/mol. The van der Waals surface area contributed by atoms with Crippen molar-refractivity contribution >= 4 is 27.5 Å². The second kappa shape index (κ2) is 7.03. The fraction of sp³-hybridized carbons (Fsp3) is 0.250. The Balaban J connectivity index is 2.00. The van der Waals surface area contributed by atoms with Crippen LogP contribution in [0.2, 0.25) is 0 Å². The molecule has 0 aromatic heterocycles. The molecule has 25 heavy (non-hydrogen) atoms. The van der Waals surface area contributed by atoms with Crippen LogP contribution in [0.1, 0.15) is 10.9 Å². The van der Waals surface area contributed by atoms with Gasteiger partial charge in [-0.05, 0) is 23.8 Å². The zero-order valence-corrected chi connectivity index (χ0v) is 15.0. The number of methoxy groups -OCH3 is 1. The highest BCUT2D eigenvalue weighted by atomic mass is 32.2. The molecule has 1 atom stereocenters. The summed E-state index contributed by atoms with van der Waals surface area (Å²) in [4.78, 5) is 10.9. The largest absolute Gasteiger partial charge is 0.490 e. The Bertz CT molecular complexity index is 887. The van der Waals surface area contributed by atoms with Gasteiger partial charge in [-0.15, -0.1) is 11.8 Å². The van der Waals surface area contributed by atoms with Crippen molar-refractivity contribution in [2.24, 2.45) is 0 Å². The summed E-state index contributed by atoms with van der Waals surface area (Å²) in [6.45, 7) is 0.354. The first-order valence-corrected chi connectivity index (χ1v) is 9.95. The first-order valence-electron chi connectivity index (χ1n) is 7.46. The summed E-state index contributed by atoms with van der Waals surface area (Å²) < 4.78 is 32.2. The first kappa shape index (κ1) is 17.7. The molecule has 1 saturated heterocycles. The molecule has 0 N–H and O–H groups in total. The van der Waals surface area contributed by atoms with Gasteiger partial charge in [-0.2, -0.15) is 4.31 Å². The van der Waals surface area contributed by atoms with Gasteiger partial charge in [0.1, 0.15) is 0 Å². The molecule has 0 amide bonds. The average Bonchev–Trinajstić information content (AvgIpc) is 3.12. The number of thioether (sulfide) groups is 1. The molecule has 2 aromatic rings. The number of rotatable bonds is 5. The van der Waals surface area contributed by atoms with Crippen LogP contribution in [0.15, 0.2) is 53.4 Å². The predicted molar refractivity (Wildman–Crippen MR) is 95.2 cm³/mol. The molecule has 9 heteroatoms. The molecule has 0 bridgehead atoms. The predicted octanol–water partition coefficient (Wildman–Crippen LogP) is 3.04. The van der Waals surface area contributed by atoms with Crippen LogP contribution in [0.5, 0.6) is 5.75 Å². The molecular weight excluding hydrogens is 364 g/mol. The molecule has 1 fully saturated rings. The van der Waals surface area contributed by atoms with Gasteiger partial charge in [-0.25, -0.2) is 8.42 Å². The molecule has 0 saturated carbocycles. The minimum atomic E-state index is -3.67. The summed E-state index contributed by atoms with van der Waals surface area (Å²) in [5.41, 5.74) is 0.388. The van der Waals surface area contributed by atoms with Crippen LogP contribution in [0.3, 0.4) is 0 Å². The molecular formula is C16H16N2O5S2. The van der Waals surface area contributed by atoms with Gasteiger partial charge in [0.05, 0.1) is 22.3 Å². The van der Waals surface area contributed by atoms with Gasteiger partial charge in [0.2, 0.25) is 10.0 Å². The van der Waals surface area contributed by atoms with Gasteiger partial charge in [0, 0.05) is 18.4 Å². The standard InChI is InChI=1S/C16H16N2O5S2/c1-23-15-8-7-12(11-14(15)18(19)20)16-17(9-10-24-16)25(21,22)13-5-3-2-4-6-13/h2-8,11,16H,9-10H2,1H3/t16-/m1/s1. The number of nitro benzene ring substituents is 1. The van der Waals surface area contributed by atoms with Crippen molar-refractivity contribution in [1.82, 2.24) is 4.31 Å². The van der Waals surface area contributed by atoms with E-state index in [9.17, 15) is 18.5 Å². The minimum Gasteiger partial charge on any atom is -0.490 e. The Labute approximate surface area is 149 Å². The fourth-order valence-electron chi connectivity index (χ4n) is 2.69. The second-order valence-corrected chi connectivity index (χ2v) is 8.42. The highest BCUT2D eigenvalue weighted by Gasteiger charge is 2.37. The lowest BCUT2D eigenvalue weighted by molar-refractivity contribution is -0.385. The van der Waals surface area contributed by atoms with Crippen molar-refractivity contribution in [3.05, 3.63) is 64.2 Å². The molecule has 0 aliphatic carbocycles. The second-order valence-electron chi connectivity index (χ2n) is 5.34. The topological polar surface area (TPSA) is 89.8 Å². The lowest BCUT2D eigenvalue weighted by Crippen LogP contribution is -2.30. The number of sulfonamides is 1. The molecule has 132 valence electrons. The van der Waals surface area contributed by atoms with E-state index in [1.807, 2.05) is 0 Å². The molecule has 1 heterocycles. The van der Waals surface area contributed by atoms with Crippen LogP contribution in [0, 0.1) is 10.1 Å². The number of nitro groups is 1. The Morgan fingerprint density at radius 3 is 2.60 bits per heavy atom.